The number of anilines is 1. The summed E-state index contributed by atoms with van der Waals surface area (Å²) in [7, 11) is 0. The number of benzene rings is 1. The molecule has 18 heavy (non-hydrogen) atoms. The van der Waals surface area contributed by atoms with Crippen molar-refractivity contribution in [2.24, 2.45) is 0 Å². The molecule has 0 aromatic heterocycles. The maximum Gasteiger partial charge on any atom is 0.292 e. The van der Waals surface area contributed by atoms with E-state index in [1.165, 1.54) is 0 Å². The van der Waals surface area contributed by atoms with Gasteiger partial charge in [0.2, 0.25) is 0 Å². The average molecular weight is 247 g/mol. The summed E-state index contributed by atoms with van der Waals surface area (Å²) in [5.41, 5.74) is 1.47. The molecule has 1 saturated heterocycles. The van der Waals surface area contributed by atoms with Crippen molar-refractivity contribution in [3.8, 4) is 6.07 Å². The molecule has 2 rings (SSSR count). The number of morpholine rings is 1. The summed E-state index contributed by atoms with van der Waals surface area (Å²) in [6.07, 6.45) is -0.528. The van der Waals surface area contributed by atoms with E-state index in [4.69, 9.17) is 10.00 Å². The smallest absolute Gasteiger partial charge is 0.292 e. The Kier molecular flexibility index (Phi) is 3.44. The van der Waals surface area contributed by atoms with Crippen molar-refractivity contribution in [1.29, 1.82) is 5.26 Å². The van der Waals surface area contributed by atoms with Crippen molar-refractivity contribution in [3.63, 3.8) is 0 Å². The Labute approximate surface area is 105 Å². The van der Waals surface area contributed by atoms with Gasteiger partial charge in [-0.2, -0.15) is 5.26 Å². The number of nitro groups is 1. The minimum absolute atomic E-state index is 0.0774. The van der Waals surface area contributed by atoms with E-state index < -0.39 is 6.10 Å². The predicted octanol–water partition coefficient (Wildman–Crippen LogP) is 1.63. The van der Waals surface area contributed by atoms with Gasteiger partial charge in [-0.3, -0.25) is 10.1 Å². The summed E-state index contributed by atoms with van der Waals surface area (Å²) < 4.78 is 5.23. The van der Waals surface area contributed by atoms with Gasteiger partial charge in [0.05, 0.1) is 24.1 Å². The second-order valence-electron chi connectivity index (χ2n) is 4.18. The zero-order chi connectivity index (χ0) is 13.1. The first-order valence-electron chi connectivity index (χ1n) is 5.63. The monoisotopic (exact) mass is 247 g/mol. The van der Waals surface area contributed by atoms with Crippen LogP contribution in [0.2, 0.25) is 0 Å². The van der Waals surface area contributed by atoms with Gasteiger partial charge in [0, 0.05) is 12.6 Å². The maximum atomic E-state index is 11.1. The molecule has 0 bridgehead atoms. The second kappa shape index (κ2) is 5.02. The number of aryl methyl sites for hydroxylation is 1. The van der Waals surface area contributed by atoms with E-state index in [9.17, 15) is 10.1 Å². The van der Waals surface area contributed by atoms with E-state index in [1.54, 1.807) is 12.1 Å². The zero-order valence-corrected chi connectivity index (χ0v) is 10.00. The van der Waals surface area contributed by atoms with Crippen LogP contribution in [0.3, 0.4) is 0 Å². The lowest BCUT2D eigenvalue weighted by atomic mass is 10.1. The quantitative estimate of drug-likeness (QED) is 0.586. The fourth-order valence-corrected chi connectivity index (χ4v) is 1.99. The molecule has 0 saturated carbocycles. The first kappa shape index (κ1) is 12.3. The van der Waals surface area contributed by atoms with Crippen LogP contribution in [0.15, 0.2) is 18.2 Å². The molecule has 6 nitrogen and oxygen atoms in total. The topological polar surface area (TPSA) is 79.4 Å². The minimum Gasteiger partial charge on any atom is -0.360 e. The number of nitriles is 1. The molecule has 0 N–H and O–H groups in total. The third-order valence-electron chi connectivity index (χ3n) is 2.88. The Morgan fingerprint density at radius 3 is 3.06 bits per heavy atom. The van der Waals surface area contributed by atoms with Crippen LogP contribution in [0, 0.1) is 28.4 Å². The van der Waals surface area contributed by atoms with E-state index in [2.05, 4.69) is 0 Å². The van der Waals surface area contributed by atoms with Crippen LogP contribution in [0.5, 0.6) is 0 Å². The van der Waals surface area contributed by atoms with E-state index in [0.717, 1.165) is 5.56 Å². The fourth-order valence-electron chi connectivity index (χ4n) is 1.99. The van der Waals surface area contributed by atoms with Gasteiger partial charge >= 0.3 is 0 Å². The molecule has 0 amide bonds. The van der Waals surface area contributed by atoms with Crippen LogP contribution in [0.4, 0.5) is 11.4 Å². The van der Waals surface area contributed by atoms with Gasteiger partial charge in [0.15, 0.2) is 6.10 Å². The highest BCUT2D eigenvalue weighted by atomic mass is 16.6. The Bertz CT molecular complexity index is 510. The first-order chi connectivity index (χ1) is 8.61. The van der Waals surface area contributed by atoms with Crippen LogP contribution < -0.4 is 4.90 Å². The molecule has 1 atom stereocenters. The van der Waals surface area contributed by atoms with Crippen molar-refractivity contribution >= 4 is 11.4 Å². The van der Waals surface area contributed by atoms with Gasteiger partial charge in [-0.1, -0.05) is 6.07 Å². The Morgan fingerprint density at radius 1 is 1.61 bits per heavy atom. The average Bonchev–Trinajstić information content (AvgIpc) is 2.38. The molecule has 6 heteroatoms. The summed E-state index contributed by atoms with van der Waals surface area (Å²) in [6.45, 7) is 3.14. The number of nitro benzene ring substituents is 1. The van der Waals surface area contributed by atoms with E-state index in [0.29, 0.717) is 25.4 Å². The van der Waals surface area contributed by atoms with Crippen molar-refractivity contribution in [3.05, 3.63) is 33.9 Å². The van der Waals surface area contributed by atoms with Gasteiger partial charge in [-0.15, -0.1) is 0 Å². The number of hydrogen-bond acceptors (Lipinski definition) is 5. The molecule has 1 unspecified atom stereocenters. The van der Waals surface area contributed by atoms with Crippen molar-refractivity contribution < 1.29 is 9.66 Å². The maximum absolute atomic E-state index is 11.1. The summed E-state index contributed by atoms with van der Waals surface area (Å²) >= 11 is 0. The summed E-state index contributed by atoms with van der Waals surface area (Å²) in [4.78, 5) is 12.5. The zero-order valence-electron chi connectivity index (χ0n) is 10.00. The number of ether oxygens (including phenoxy) is 1. The lowest BCUT2D eigenvalue weighted by molar-refractivity contribution is -0.384. The number of rotatable bonds is 2. The van der Waals surface area contributed by atoms with Crippen molar-refractivity contribution in [2.75, 3.05) is 24.6 Å². The van der Waals surface area contributed by atoms with Crippen LogP contribution in [-0.4, -0.2) is 30.7 Å². The van der Waals surface area contributed by atoms with Crippen LogP contribution >= 0.6 is 0 Å². The molecule has 0 radical (unpaired) electrons. The highest BCUT2D eigenvalue weighted by molar-refractivity contribution is 5.64. The molecule has 1 heterocycles. The van der Waals surface area contributed by atoms with Crippen molar-refractivity contribution in [1.82, 2.24) is 0 Å². The van der Waals surface area contributed by atoms with Gasteiger partial charge in [-0.25, -0.2) is 0 Å². The first-order valence-corrected chi connectivity index (χ1v) is 5.63. The van der Waals surface area contributed by atoms with E-state index in [1.807, 2.05) is 24.0 Å². The Morgan fingerprint density at radius 2 is 2.39 bits per heavy atom. The molecule has 0 spiro atoms. The van der Waals surface area contributed by atoms with E-state index in [-0.39, 0.29) is 10.6 Å². The molecule has 0 aliphatic carbocycles. The highest BCUT2D eigenvalue weighted by Gasteiger charge is 2.25. The second-order valence-corrected chi connectivity index (χ2v) is 4.18. The molecule has 1 aliphatic heterocycles. The molecule has 1 aliphatic rings. The normalized spacial score (nSPS) is 19.3. The Hall–Kier alpha value is -2.13. The SMILES string of the molecule is Cc1ccc(N2CCOC(C#N)C2)c([N+](=O)[O-])c1. The predicted molar refractivity (Wildman–Crippen MR) is 65.4 cm³/mol. The third kappa shape index (κ3) is 2.41. The summed E-state index contributed by atoms with van der Waals surface area (Å²) in [5.74, 6) is 0. The lowest BCUT2D eigenvalue weighted by Crippen LogP contribution is -2.42. The molecule has 94 valence electrons. The summed E-state index contributed by atoms with van der Waals surface area (Å²) in [6, 6.07) is 7.14. The van der Waals surface area contributed by atoms with Crippen LogP contribution in [-0.2, 0) is 4.74 Å². The molecular formula is C12H13N3O3. The largest absolute Gasteiger partial charge is 0.360 e. The van der Waals surface area contributed by atoms with Gasteiger partial charge in [0.25, 0.3) is 5.69 Å². The summed E-state index contributed by atoms with van der Waals surface area (Å²) in [5, 5.41) is 19.9. The fraction of sp³-hybridized carbons (Fsp3) is 0.417. The van der Waals surface area contributed by atoms with E-state index >= 15 is 0 Å². The van der Waals surface area contributed by atoms with Crippen LogP contribution in [0.25, 0.3) is 0 Å². The standard InChI is InChI=1S/C12H13N3O3/c1-9-2-3-11(12(6-9)15(16)17)14-4-5-18-10(7-13)8-14/h2-3,6,10H,4-5,8H2,1H3. The molecule has 1 aromatic carbocycles. The number of hydrogen-bond donors (Lipinski definition) is 0. The third-order valence-corrected chi connectivity index (χ3v) is 2.88. The minimum atomic E-state index is -0.528. The van der Waals surface area contributed by atoms with Gasteiger partial charge in [-0.05, 0) is 18.6 Å². The highest BCUT2D eigenvalue weighted by Crippen LogP contribution is 2.30. The van der Waals surface area contributed by atoms with Gasteiger partial charge in [0.1, 0.15) is 5.69 Å². The van der Waals surface area contributed by atoms with Crippen LogP contribution in [0.1, 0.15) is 5.56 Å². The lowest BCUT2D eigenvalue weighted by Gasteiger charge is -2.31. The number of nitrogens with zero attached hydrogens (tertiary/aromatic N) is 3. The molecule has 1 aromatic rings. The molecule has 1 fully saturated rings. The van der Waals surface area contributed by atoms with Gasteiger partial charge < -0.3 is 9.64 Å². The Balaban J connectivity index is 2.33. The van der Waals surface area contributed by atoms with Crippen molar-refractivity contribution in [2.45, 2.75) is 13.0 Å². The molecular weight excluding hydrogens is 234 g/mol.